The van der Waals surface area contributed by atoms with Crippen molar-refractivity contribution in [3.05, 3.63) is 71.7 Å². The molecule has 1 aromatic carbocycles. The van der Waals surface area contributed by atoms with Crippen LogP contribution in [0.4, 0.5) is 20.4 Å². The van der Waals surface area contributed by atoms with E-state index >= 15 is 8.78 Å². The van der Waals surface area contributed by atoms with Crippen LogP contribution in [0.15, 0.2) is 48.9 Å². The number of hydrogen-bond donors (Lipinski definition) is 2. The highest BCUT2D eigenvalue weighted by Crippen LogP contribution is 2.40. The largest absolute Gasteiger partial charge is 0.375 e. The van der Waals surface area contributed by atoms with Gasteiger partial charge in [-0.2, -0.15) is 9.61 Å². The highest BCUT2D eigenvalue weighted by molar-refractivity contribution is 7.90. The van der Waals surface area contributed by atoms with E-state index in [4.69, 9.17) is 10.5 Å². The molecule has 4 unspecified atom stereocenters. The van der Waals surface area contributed by atoms with Crippen LogP contribution in [0.2, 0.25) is 0 Å². The predicted molar refractivity (Wildman–Crippen MR) is 169 cm³/mol. The predicted octanol–water partition coefficient (Wildman–Crippen LogP) is 4.21. The Kier molecular flexibility index (Phi) is 9.03. The van der Waals surface area contributed by atoms with Crippen molar-refractivity contribution in [2.75, 3.05) is 30.5 Å². The second-order valence-electron chi connectivity index (χ2n) is 12.4. The number of benzene rings is 1. The standard InChI is InChI=1S/C32H37F2N7O4S/c1-19-12-21(15-26(35)31(19)45-10-11-46(2,43)44)23-7-8-36-17-28(23)38-32-37-16-22-5-6-27(39-41(22)32)30-24(33)13-20(14-25(30)34)18-40-9-3-4-29(40)42/h5-8,13-14,16-17,19,21,26,31H,3-4,9-12,15,18,35H2,1-2H3,(H,37,38). The minimum Gasteiger partial charge on any atom is -0.375 e. The Labute approximate surface area is 266 Å². The highest BCUT2D eigenvalue weighted by atomic mass is 32.2. The normalized spacial score (nSPS) is 22.1. The summed E-state index contributed by atoms with van der Waals surface area (Å²) in [5.74, 6) is -1.11. The first kappa shape index (κ1) is 32.0. The van der Waals surface area contributed by atoms with Gasteiger partial charge in [0, 0.05) is 38.0 Å². The molecule has 0 spiro atoms. The van der Waals surface area contributed by atoms with E-state index in [-0.39, 0.29) is 60.1 Å². The van der Waals surface area contributed by atoms with Crippen LogP contribution in [0.5, 0.6) is 0 Å². The van der Waals surface area contributed by atoms with Gasteiger partial charge in [-0.1, -0.05) is 6.92 Å². The average molecular weight is 654 g/mol. The Morgan fingerprint density at radius 1 is 1.13 bits per heavy atom. The molecular weight excluding hydrogens is 616 g/mol. The lowest BCUT2D eigenvalue weighted by Crippen LogP contribution is -2.47. The first-order valence-electron chi connectivity index (χ1n) is 15.3. The fraction of sp³-hybridized carbons (Fsp3) is 0.438. The van der Waals surface area contributed by atoms with Gasteiger partial charge < -0.3 is 20.7 Å². The van der Waals surface area contributed by atoms with Crippen molar-refractivity contribution < 1.29 is 26.7 Å². The summed E-state index contributed by atoms with van der Waals surface area (Å²) in [7, 11) is -3.13. The van der Waals surface area contributed by atoms with E-state index in [0.717, 1.165) is 18.4 Å². The van der Waals surface area contributed by atoms with Gasteiger partial charge in [0.15, 0.2) is 0 Å². The summed E-state index contributed by atoms with van der Waals surface area (Å²) in [6.45, 7) is 2.89. The summed E-state index contributed by atoms with van der Waals surface area (Å²) in [6.07, 6.45) is 8.51. The number of sulfone groups is 1. The maximum Gasteiger partial charge on any atom is 0.229 e. The van der Waals surface area contributed by atoms with Crippen molar-refractivity contribution in [2.45, 2.75) is 57.2 Å². The smallest absolute Gasteiger partial charge is 0.229 e. The number of ether oxygens (including phenoxy) is 1. The minimum absolute atomic E-state index is 0.0186. The molecule has 4 heterocycles. The number of nitrogens with zero attached hydrogens (tertiary/aromatic N) is 5. The van der Waals surface area contributed by atoms with Gasteiger partial charge in [-0.25, -0.2) is 22.2 Å². The lowest BCUT2D eigenvalue weighted by molar-refractivity contribution is -0.128. The zero-order valence-electron chi connectivity index (χ0n) is 25.7. The highest BCUT2D eigenvalue weighted by Gasteiger charge is 2.36. The van der Waals surface area contributed by atoms with E-state index in [9.17, 15) is 13.2 Å². The van der Waals surface area contributed by atoms with E-state index in [2.05, 4.69) is 27.3 Å². The van der Waals surface area contributed by atoms with Gasteiger partial charge in [0.1, 0.15) is 21.5 Å². The van der Waals surface area contributed by atoms with E-state index in [1.54, 1.807) is 35.6 Å². The quantitative estimate of drug-likeness (QED) is 0.257. The van der Waals surface area contributed by atoms with Gasteiger partial charge in [-0.15, -0.1) is 0 Å². The Bertz CT molecular complexity index is 1830. The van der Waals surface area contributed by atoms with Crippen LogP contribution in [0.25, 0.3) is 16.8 Å². The number of anilines is 2. The summed E-state index contributed by atoms with van der Waals surface area (Å²) in [5, 5.41) is 7.85. The van der Waals surface area contributed by atoms with Gasteiger partial charge in [0.05, 0.1) is 53.3 Å². The molecule has 0 bridgehead atoms. The summed E-state index contributed by atoms with van der Waals surface area (Å²) in [6, 6.07) is 7.36. The number of pyridine rings is 1. The summed E-state index contributed by atoms with van der Waals surface area (Å²) in [5.41, 5.74) is 9.04. The number of hydrogen-bond acceptors (Lipinski definition) is 9. The van der Waals surface area contributed by atoms with Crippen LogP contribution in [-0.4, -0.2) is 76.1 Å². The van der Waals surface area contributed by atoms with Gasteiger partial charge in [-0.3, -0.25) is 9.78 Å². The summed E-state index contributed by atoms with van der Waals surface area (Å²) < 4.78 is 61.1. The monoisotopic (exact) mass is 653 g/mol. The fourth-order valence-electron chi connectivity index (χ4n) is 6.58. The number of fused-ring (bicyclic) bond motifs is 1. The third-order valence-electron chi connectivity index (χ3n) is 8.79. The second kappa shape index (κ2) is 13.0. The molecule has 3 aromatic heterocycles. The maximum absolute atomic E-state index is 15.3. The third-order valence-corrected chi connectivity index (χ3v) is 9.70. The van der Waals surface area contributed by atoms with Crippen LogP contribution in [0, 0.1) is 17.6 Å². The van der Waals surface area contributed by atoms with Gasteiger partial charge in [-0.05, 0) is 72.6 Å². The minimum atomic E-state index is -3.13. The van der Waals surface area contributed by atoms with Crippen molar-refractivity contribution in [3.8, 4) is 11.3 Å². The number of carbonyl (C=O) groups is 1. The molecule has 1 aliphatic carbocycles. The number of rotatable bonds is 10. The third kappa shape index (κ3) is 6.88. The number of carbonyl (C=O) groups excluding carboxylic acids is 1. The Balaban J connectivity index is 1.22. The number of aromatic nitrogens is 4. The van der Waals surface area contributed by atoms with Crippen molar-refractivity contribution in [3.63, 3.8) is 0 Å². The topological polar surface area (TPSA) is 145 Å². The summed E-state index contributed by atoms with van der Waals surface area (Å²) >= 11 is 0. The van der Waals surface area contributed by atoms with E-state index in [0.29, 0.717) is 42.1 Å². The Hall–Kier alpha value is -4.01. The number of nitrogens with two attached hydrogens (primary N) is 1. The van der Waals surface area contributed by atoms with Crippen LogP contribution in [0.1, 0.15) is 49.7 Å². The molecule has 11 nitrogen and oxygen atoms in total. The molecule has 6 rings (SSSR count). The number of likely N-dealkylation sites (tertiary alicyclic amines) is 1. The first-order chi connectivity index (χ1) is 22.0. The molecule has 4 aromatic rings. The SMILES string of the molecule is CC1CC(c2ccncc2Nc2ncc3ccc(-c4c(F)cc(CN5CCCC5=O)cc4F)nn23)CC(N)C1OCCS(C)(=O)=O. The molecule has 244 valence electrons. The van der Waals surface area contributed by atoms with Crippen molar-refractivity contribution in [1.82, 2.24) is 24.5 Å². The van der Waals surface area contributed by atoms with Crippen molar-refractivity contribution >= 4 is 32.9 Å². The molecule has 14 heteroatoms. The molecule has 3 N–H and O–H groups in total. The maximum atomic E-state index is 15.3. The molecule has 4 atom stereocenters. The molecule has 1 amide bonds. The zero-order chi connectivity index (χ0) is 32.6. The zero-order valence-corrected chi connectivity index (χ0v) is 26.5. The van der Waals surface area contributed by atoms with Gasteiger partial charge in [0.2, 0.25) is 11.9 Å². The van der Waals surface area contributed by atoms with E-state index < -0.39 is 21.5 Å². The van der Waals surface area contributed by atoms with E-state index in [1.807, 2.05) is 6.07 Å². The van der Waals surface area contributed by atoms with Crippen molar-refractivity contribution in [2.24, 2.45) is 11.7 Å². The number of nitrogens with one attached hydrogen (secondary N) is 1. The molecule has 0 radical (unpaired) electrons. The molecule has 46 heavy (non-hydrogen) atoms. The van der Waals surface area contributed by atoms with Crippen LogP contribution in [0.3, 0.4) is 0 Å². The number of amides is 1. The van der Waals surface area contributed by atoms with Crippen molar-refractivity contribution in [1.29, 1.82) is 0 Å². The molecular formula is C32H37F2N7O4S. The number of imidazole rings is 1. The Morgan fingerprint density at radius 2 is 1.91 bits per heavy atom. The lowest BCUT2D eigenvalue weighted by atomic mass is 9.74. The average Bonchev–Trinajstić information content (AvgIpc) is 3.58. The van der Waals surface area contributed by atoms with Crippen LogP contribution < -0.4 is 11.1 Å². The van der Waals surface area contributed by atoms with Crippen LogP contribution in [-0.2, 0) is 25.9 Å². The summed E-state index contributed by atoms with van der Waals surface area (Å²) in [4.78, 5) is 22.4. The lowest BCUT2D eigenvalue weighted by Gasteiger charge is -2.39. The van der Waals surface area contributed by atoms with Gasteiger partial charge >= 0.3 is 0 Å². The molecule has 2 fully saturated rings. The fourth-order valence-corrected chi connectivity index (χ4v) is 6.98. The molecule has 2 aliphatic rings. The Morgan fingerprint density at radius 3 is 2.61 bits per heavy atom. The molecule has 1 saturated heterocycles. The van der Waals surface area contributed by atoms with E-state index in [1.165, 1.54) is 22.9 Å². The second-order valence-corrected chi connectivity index (χ2v) is 14.6. The number of halogens is 2. The van der Waals surface area contributed by atoms with Crippen LogP contribution >= 0.6 is 0 Å². The molecule has 1 aliphatic heterocycles. The van der Waals surface area contributed by atoms with Gasteiger partial charge in [0.25, 0.3) is 0 Å². The molecule has 1 saturated carbocycles. The first-order valence-corrected chi connectivity index (χ1v) is 17.4.